The van der Waals surface area contributed by atoms with Crippen LogP contribution in [0.3, 0.4) is 0 Å². The third-order valence-corrected chi connectivity index (χ3v) is 5.27. The molecule has 1 fully saturated rings. The van der Waals surface area contributed by atoms with Crippen LogP contribution in [0.5, 0.6) is 5.75 Å². The van der Waals surface area contributed by atoms with E-state index < -0.39 is 0 Å². The highest BCUT2D eigenvalue weighted by molar-refractivity contribution is 5.90. The zero-order valence-corrected chi connectivity index (χ0v) is 14.9. The molecule has 2 aliphatic rings. The fourth-order valence-corrected chi connectivity index (χ4v) is 4.17. The van der Waals surface area contributed by atoms with Crippen LogP contribution in [0.25, 0.3) is 16.5 Å². The fraction of sp³-hybridized carbons (Fsp3) is 0.450. The molecule has 1 aromatic heterocycles. The van der Waals surface area contributed by atoms with E-state index in [1.54, 1.807) is 22.8 Å². The largest absolute Gasteiger partial charge is 0.507 e. The summed E-state index contributed by atoms with van der Waals surface area (Å²) < 4.78 is 7.59. The molecule has 0 bridgehead atoms. The maximum absolute atomic E-state index is 13.0. The van der Waals surface area contributed by atoms with Gasteiger partial charge in [-0.1, -0.05) is 12.1 Å². The van der Waals surface area contributed by atoms with Crippen molar-refractivity contribution in [1.29, 1.82) is 0 Å². The Morgan fingerprint density at radius 3 is 2.56 bits per heavy atom. The third-order valence-electron chi connectivity index (χ3n) is 5.27. The van der Waals surface area contributed by atoms with E-state index in [0.29, 0.717) is 10.8 Å². The zero-order valence-electron chi connectivity index (χ0n) is 14.9. The first kappa shape index (κ1) is 16.4. The molecular weight excluding hydrogens is 316 g/mol. The lowest BCUT2D eigenvalue weighted by Gasteiger charge is -2.44. The van der Waals surface area contributed by atoms with Gasteiger partial charge in [0.1, 0.15) is 5.75 Å². The third kappa shape index (κ3) is 2.68. The van der Waals surface area contributed by atoms with E-state index in [1.165, 1.54) is 0 Å². The van der Waals surface area contributed by atoms with Gasteiger partial charge in [-0.05, 0) is 44.9 Å². The average Bonchev–Trinajstić information content (AvgIpc) is 2.50. The first-order chi connectivity index (χ1) is 12.0. The number of rotatable bonds is 2. The molecule has 0 radical (unpaired) electrons. The summed E-state index contributed by atoms with van der Waals surface area (Å²) in [5.41, 5.74) is 1.88. The standard InChI is InChI=1S/C20H24N2O3/c1-12-9-22(20(24)15-5-4-6-18(23)19(12)15)17-8-7-16(17)21-10-13(2)25-14(3)11-21/h4-6,8-9,13-14,16,23H,7,10-11H2,1-3H3/t13-,14+,16?. The van der Waals surface area contributed by atoms with Crippen LogP contribution >= 0.6 is 0 Å². The van der Waals surface area contributed by atoms with Crippen LogP contribution in [0.2, 0.25) is 0 Å². The van der Waals surface area contributed by atoms with Crippen molar-refractivity contribution in [1.82, 2.24) is 9.47 Å². The van der Waals surface area contributed by atoms with Crippen molar-refractivity contribution in [3.8, 4) is 5.75 Å². The van der Waals surface area contributed by atoms with Crippen molar-refractivity contribution in [2.75, 3.05) is 13.1 Å². The van der Waals surface area contributed by atoms with E-state index in [1.807, 2.05) is 13.1 Å². The van der Waals surface area contributed by atoms with Gasteiger partial charge in [0.05, 0.1) is 23.6 Å². The molecule has 0 amide bonds. The molecule has 5 heteroatoms. The summed E-state index contributed by atoms with van der Waals surface area (Å²) in [4.78, 5) is 15.4. The maximum Gasteiger partial charge on any atom is 0.262 e. The molecule has 1 aliphatic carbocycles. The summed E-state index contributed by atoms with van der Waals surface area (Å²) in [5, 5.41) is 11.3. The summed E-state index contributed by atoms with van der Waals surface area (Å²) in [6.07, 6.45) is 5.36. The van der Waals surface area contributed by atoms with Gasteiger partial charge in [-0.3, -0.25) is 14.3 Å². The Labute approximate surface area is 147 Å². The van der Waals surface area contributed by atoms with E-state index in [2.05, 4.69) is 24.8 Å². The fourth-order valence-electron chi connectivity index (χ4n) is 4.17. The number of aromatic hydroxyl groups is 1. The number of fused-ring (bicyclic) bond motifs is 1. The number of morpholine rings is 1. The van der Waals surface area contributed by atoms with E-state index in [-0.39, 0.29) is 29.6 Å². The van der Waals surface area contributed by atoms with Gasteiger partial charge >= 0.3 is 0 Å². The lowest BCUT2D eigenvalue weighted by Crippen LogP contribution is -2.53. The normalized spacial score (nSPS) is 27.2. The van der Waals surface area contributed by atoms with Crippen LogP contribution in [0, 0.1) is 6.92 Å². The van der Waals surface area contributed by atoms with E-state index in [0.717, 1.165) is 30.8 Å². The minimum Gasteiger partial charge on any atom is -0.507 e. The summed E-state index contributed by atoms with van der Waals surface area (Å²) >= 11 is 0. The second-order valence-electron chi connectivity index (χ2n) is 7.28. The molecule has 25 heavy (non-hydrogen) atoms. The number of nitrogens with zero attached hydrogens (tertiary/aromatic N) is 2. The summed E-state index contributed by atoms with van der Waals surface area (Å²) in [5.74, 6) is 0.161. The van der Waals surface area contributed by atoms with Crippen LogP contribution in [-0.2, 0) is 4.74 Å². The van der Waals surface area contributed by atoms with Crippen LogP contribution in [0.15, 0.2) is 35.3 Å². The van der Waals surface area contributed by atoms with Gasteiger partial charge in [-0.15, -0.1) is 0 Å². The van der Waals surface area contributed by atoms with E-state index in [9.17, 15) is 9.90 Å². The molecule has 132 valence electrons. The van der Waals surface area contributed by atoms with Crippen LogP contribution in [0.1, 0.15) is 25.8 Å². The summed E-state index contributed by atoms with van der Waals surface area (Å²) in [7, 11) is 0. The zero-order chi connectivity index (χ0) is 17.7. The predicted molar refractivity (Wildman–Crippen MR) is 98.9 cm³/mol. The number of phenols is 1. The number of benzene rings is 1. The van der Waals surface area contributed by atoms with Crippen molar-refractivity contribution in [2.24, 2.45) is 0 Å². The SMILES string of the molecule is Cc1cn(C2=CCC2N2C[C@@H](C)O[C@@H](C)C2)c(=O)c2cccc(O)c12. The number of pyridine rings is 1. The topological polar surface area (TPSA) is 54.7 Å². The second-order valence-corrected chi connectivity index (χ2v) is 7.28. The number of hydrogen-bond donors (Lipinski definition) is 1. The summed E-state index contributed by atoms with van der Waals surface area (Å²) in [6.45, 7) is 7.90. The molecule has 4 rings (SSSR count). The van der Waals surface area contributed by atoms with Gasteiger partial charge in [0.15, 0.2) is 0 Å². The number of ether oxygens (including phenoxy) is 1. The highest BCUT2D eigenvalue weighted by Gasteiger charge is 2.34. The van der Waals surface area contributed by atoms with E-state index in [4.69, 9.17) is 4.74 Å². The summed E-state index contributed by atoms with van der Waals surface area (Å²) in [6, 6.07) is 5.39. The van der Waals surface area contributed by atoms with Gasteiger partial charge < -0.3 is 9.84 Å². The second kappa shape index (κ2) is 6.00. The number of aryl methyl sites for hydroxylation is 1. The molecule has 1 unspecified atom stereocenters. The van der Waals surface area contributed by atoms with Gasteiger partial charge in [0.2, 0.25) is 0 Å². The highest BCUT2D eigenvalue weighted by Crippen LogP contribution is 2.32. The van der Waals surface area contributed by atoms with Crippen LogP contribution in [-0.4, -0.2) is 45.9 Å². The Balaban J connectivity index is 1.73. The quantitative estimate of drug-likeness (QED) is 0.913. The molecule has 1 aromatic carbocycles. The molecule has 3 atom stereocenters. The van der Waals surface area contributed by atoms with Crippen LogP contribution in [0.4, 0.5) is 0 Å². The Kier molecular flexibility index (Phi) is 3.93. The minimum absolute atomic E-state index is 0.0678. The lowest BCUT2D eigenvalue weighted by molar-refractivity contribution is -0.0757. The Hall–Kier alpha value is -2.11. The Morgan fingerprint density at radius 1 is 1.20 bits per heavy atom. The van der Waals surface area contributed by atoms with Gasteiger partial charge in [0.25, 0.3) is 5.56 Å². The predicted octanol–water partition coefficient (Wildman–Crippen LogP) is 2.74. The smallest absolute Gasteiger partial charge is 0.262 e. The van der Waals surface area contributed by atoms with Gasteiger partial charge in [0, 0.05) is 30.4 Å². The maximum atomic E-state index is 13.0. The van der Waals surface area contributed by atoms with Crippen LogP contribution < -0.4 is 5.56 Å². The van der Waals surface area contributed by atoms with Gasteiger partial charge in [-0.25, -0.2) is 0 Å². The van der Waals surface area contributed by atoms with Crippen molar-refractivity contribution in [3.63, 3.8) is 0 Å². The van der Waals surface area contributed by atoms with Crippen molar-refractivity contribution in [3.05, 3.63) is 46.4 Å². The average molecular weight is 340 g/mol. The Morgan fingerprint density at radius 2 is 1.92 bits per heavy atom. The van der Waals surface area contributed by atoms with Crippen molar-refractivity contribution >= 4 is 16.5 Å². The van der Waals surface area contributed by atoms with Crippen molar-refractivity contribution in [2.45, 2.75) is 45.4 Å². The first-order valence-electron chi connectivity index (χ1n) is 8.89. The molecule has 0 saturated carbocycles. The number of aromatic nitrogens is 1. The minimum atomic E-state index is -0.0678. The molecule has 5 nitrogen and oxygen atoms in total. The van der Waals surface area contributed by atoms with Crippen molar-refractivity contribution < 1.29 is 9.84 Å². The molecule has 2 aromatic rings. The molecular formula is C20H24N2O3. The monoisotopic (exact) mass is 340 g/mol. The lowest BCUT2D eigenvalue weighted by atomic mass is 9.94. The molecule has 1 saturated heterocycles. The Bertz CT molecular complexity index is 905. The highest BCUT2D eigenvalue weighted by atomic mass is 16.5. The molecule has 2 heterocycles. The molecule has 0 spiro atoms. The number of phenolic OH excluding ortho intramolecular Hbond substituents is 1. The van der Waals surface area contributed by atoms with Gasteiger partial charge in [-0.2, -0.15) is 0 Å². The number of hydrogen-bond acceptors (Lipinski definition) is 4. The molecule has 1 aliphatic heterocycles. The van der Waals surface area contributed by atoms with E-state index >= 15 is 0 Å². The first-order valence-corrected chi connectivity index (χ1v) is 8.89. The molecule has 1 N–H and O–H groups in total.